The van der Waals surface area contributed by atoms with Crippen LogP contribution in [0.4, 0.5) is 22.0 Å². The highest BCUT2D eigenvalue weighted by atomic mass is 19.4. The van der Waals surface area contributed by atoms with Gasteiger partial charge in [0.15, 0.2) is 0 Å². The summed E-state index contributed by atoms with van der Waals surface area (Å²) in [6.45, 7) is 0. The molecule has 98 valence electrons. The van der Waals surface area contributed by atoms with Crippen molar-refractivity contribution in [3.63, 3.8) is 0 Å². The Morgan fingerprint density at radius 2 is 1.71 bits per heavy atom. The van der Waals surface area contributed by atoms with E-state index in [2.05, 4.69) is 4.74 Å². The van der Waals surface area contributed by atoms with E-state index in [1.807, 2.05) is 0 Å². The Hall–Kier alpha value is -0.880. The lowest BCUT2D eigenvalue weighted by molar-refractivity contribution is -0.283. The van der Waals surface area contributed by atoms with Crippen LogP contribution in [0.3, 0.4) is 0 Å². The largest absolute Gasteiger partial charge is 0.465 e. The number of alkyl halides is 5. The molecule has 2 aliphatic rings. The molecule has 2 saturated carbocycles. The average Bonchev–Trinajstić information content (AvgIpc) is 2.76. The first-order chi connectivity index (χ1) is 7.72. The third-order valence-electron chi connectivity index (χ3n) is 3.54. The van der Waals surface area contributed by atoms with E-state index in [4.69, 9.17) is 0 Å². The van der Waals surface area contributed by atoms with E-state index in [1.165, 1.54) is 0 Å². The normalized spacial score (nSPS) is 32.9. The van der Waals surface area contributed by atoms with E-state index in [1.54, 1.807) is 0 Å². The van der Waals surface area contributed by atoms with Gasteiger partial charge in [-0.05, 0) is 37.5 Å². The maximum Gasteiger partial charge on any atom is 0.465 e. The van der Waals surface area contributed by atoms with E-state index < -0.39 is 24.2 Å². The van der Waals surface area contributed by atoms with Crippen molar-refractivity contribution < 1.29 is 31.5 Å². The molecule has 2 aliphatic carbocycles. The van der Waals surface area contributed by atoms with Crippen molar-refractivity contribution in [1.82, 2.24) is 0 Å². The zero-order valence-corrected chi connectivity index (χ0v) is 8.77. The van der Waals surface area contributed by atoms with Gasteiger partial charge in [0.1, 0.15) is 6.10 Å². The highest BCUT2D eigenvalue weighted by Crippen LogP contribution is 2.47. The van der Waals surface area contributed by atoms with Crippen LogP contribution in [0.2, 0.25) is 0 Å². The lowest BCUT2D eigenvalue weighted by atomic mass is 9.98. The number of esters is 1. The quantitative estimate of drug-likeness (QED) is 0.562. The molecule has 0 aromatic carbocycles. The monoisotopic (exact) mass is 258 g/mol. The van der Waals surface area contributed by atoms with Gasteiger partial charge in [-0.15, -0.1) is 0 Å². The summed E-state index contributed by atoms with van der Waals surface area (Å²) < 4.78 is 65.3. The first-order valence-electron chi connectivity index (χ1n) is 5.37. The molecule has 0 amide bonds. The third kappa shape index (κ3) is 2.11. The molecular weight excluding hydrogens is 247 g/mol. The molecule has 2 nitrogen and oxygen atoms in total. The fourth-order valence-electron chi connectivity index (χ4n) is 2.66. The van der Waals surface area contributed by atoms with Crippen LogP contribution < -0.4 is 0 Å². The van der Waals surface area contributed by atoms with Gasteiger partial charge >= 0.3 is 18.1 Å². The number of halogens is 5. The zero-order valence-electron chi connectivity index (χ0n) is 8.77. The second kappa shape index (κ2) is 3.81. The number of carbonyl (C=O) groups excluding carboxylic acids is 1. The standard InChI is InChI=1S/C10H11F5O2/c11-9(12,10(13,14)15)8(16)17-7-4-5-1-2-6(7)3-5/h5-7H,1-4H2. The van der Waals surface area contributed by atoms with Gasteiger partial charge in [0.05, 0.1) is 0 Å². The lowest BCUT2D eigenvalue weighted by Crippen LogP contribution is -2.46. The predicted molar refractivity (Wildman–Crippen MR) is 46.3 cm³/mol. The van der Waals surface area contributed by atoms with Crippen molar-refractivity contribution in [3.8, 4) is 0 Å². The van der Waals surface area contributed by atoms with Crippen molar-refractivity contribution in [2.24, 2.45) is 11.8 Å². The Labute approximate surface area is 94.1 Å². The molecule has 17 heavy (non-hydrogen) atoms. The Kier molecular flexibility index (Phi) is 2.82. The van der Waals surface area contributed by atoms with Crippen LogP contribution in [0.15, 0.2) is 0 Å². The van der Waals surface area contributed by atoms with Crippen molar-refractivity contribution in [3.05, 3.63) is 0 Å². The predicted octanol–water partition coefficient (Wildman–Crippen LogP) is 2.92. The molecule has 3 atom stereocenters. The van der Waals surface area contributed by atoms with E-state index >= 15 is 0 Å². The number of carbonyl (C=O) groups is 1. The summed E-state index contributed by atoms with van der Waals surface area (Å²) in [6.07, 6.45) is -3.81. The molecule has 2 fully saturated rings. The topological polar surface area (TPSA) is 26.3 Å². The highest BCUT2D eigenvalue weighted by molar-refractivity contribution is 5.78. The second-order valence-corrected chi connectivity index (χ2v) is 4.69. The van der Waals surface area contributed by atoms with Gasteiger partial charge in [0.25, 0.3) is 0 Å². The molecule has 0 radical (unpaired) electrons. The van der Waals surface area contributed by atoms with Crippen LogP contribution in [0, 0.1) is 11.8 Å². The molecule has 7 heteroatoms. The minimum atomic E-state index is -5.89. The van der Waals surface area contributed by atoms with Gasteiger partial charge in [0.2, 0.25) is 0 Å². The summed E-state index contributed by atoms with van der Waals surface area (Å²) in [6, 6.07) is 0. The summed E-state index contributed by atoms with van der Waals surface area (Å²) >= 11 is 0. The van der Waals surface area contributed by atoms with Crippen molar-refractivity contribution in [2.45, 2.75) is 43.9 Å². The Morgan fingerprint density at radius 3 is 2.12 bits per heavy atom. The Balaban J connectivity index is 1.98. The van der Waals surface area contributed by atoms with Crippen LogP contribution in [-0.2, 0) is 9.53 Å². The third-order valence-corrected chi connectivity index (χ3v) is 3.54. The smallest absolute Gasteiger partial charge is 0.457 e. The van der Waals surface area contributed by atoms with E-state index in [0.717, 1.165) is 19.3 Å². The number of hydrogen-bond acceptors (Lipinski definition) is 2. The second-order valence-electron chi connectivity index (χ2n) is 4.69. The van der Waals surface area contributed by atoms with Crippen LogP contribution >= 0.6 is 0 Å². The fraction of sp³-hybridized carbons (Fsp3) is 0.900. The van der Waals surface area contributed by atoms with Gasteiger partial charge in [-0.2, -0.15) is 22.0 Å². The lowest BCUT2D eigenvalue weighted by Gasteiger charge is -2.25. The minimum Gasteiger partial charge on any atom is -0.457 e. The van der Waals surface area contributed by atoms with Gasteiger partial charge in [-0.3, -0.25) is 0 Å². The average molecular weight is 258 g/mol. The minimum absolute atomic E-state index is 0.0482. The number of hydrogen-bond donors (Lipinski definition) is 0. The van der Waals surface area contributed by atoms with Crippen molar-refractivity contribution in [1.29, 1.82) is 0 Å². The number of rotatable bonds is 2. The molecule has 0 spiro atoms. The summed E-state index contributed by atoms with van der Waals surface area (Å²) in [5.74, 6) is -7.62. The molecule has 0 aromatic heterocycles. The van der Waals surface area contributed by atoms with Crippen LogP contribution in [0.5, 0.6) is 0 Å². The molecule has 0 aromatic rings. The summed E-state index contributed by atoms with van der Waals surface area (Å²) in [5, 5.41) is 0. The van der Waals surface area contributed by atoms with Gasteiger partial charge in [0, 0.05) is 0 Å². The SMILES string of the molecule is O=C(OC1CC2CCC1C2)C(F)(F)C(F)(F)F. The first kappa shape index (κ1) is 12.6. The summed E-state index contributed by atoms with van der Waals surface area (Å²) in [5.41, 5.74) is 0. The molecule has 0 heterocycles. The molecule has 0 N–H and O–H groups in total. The maximum absolute atomic E-state index is 12.6. The summed E-state index contributed by atoms with van der Waals surface area (Å²) in [4.78, 5) is 10.9. The molecule has 0 aliphatic heterocycles. The molecular formula is C10H11F5O2. The van der Waals surface area contributed by atoms with E-state index in [9.17, 15) is 26.7 Å². The zero-order chi connectivity index (χ0) is 12.8. The van der Waals surface area contributed by atoms with E-state index in [-0.39, 0.29) is 5.92 Å². The van der Waals surface area contributed by atoms with Crippen LogP contribution in [0.25, 0.3) is 0 Å². The van der Waals surface area contributed by atoms with E-state index in [0.29, 0.717) is 12.3 Å². The fourth-order valence-corrected chi connectivity index (χ4v) is 2.66. The van der Waals surface area contributed by atoms with Crippen LogP contribution in [0.1, 0.15) is 25.7 Å². The Morgan fingerprint density at radius 1 is 1.06 bits per heavy atom. The maximum atomic E-state index is 12.6. The molecule has 2 rings (SSSR count). The van der Waals surface area contributed by atoms with Crippen molar-refractivity contribution in [2.75, 3.05) is 0 Å². The van der Waals surface area contributed by atoms with Crippen molar-refractivity contribution >= 4 is 5.97 Å². The van der Waals surface area contributed by atoms with Crippen LogP contribution in [-0.4, -0.2) is 24.2 Å². The molecule has 2 bridgehead atoms. The number of ether oxygens (including phenoxy) is 1. The highest BCUT2D eigenvalue weighted by Gasteiger charge is 2.65. The number of fused-ring (bicyclic) bond motifs is 2. The summed E-state index contributed by atoms with van der Waals surface area (Å²) in [7, 11) is 0. The molecule has 0 saturated heterocycles. The first-order valence-corrected chi connectivity index (χ1v) is 5.37. The van der Waals surface area contributed by atoms with Gasteiger partial charge < -0.3 is 4.74 Å². The van der Waals surface area contributed by atoms with Gasteiger partial charge in [-0.25, -0.2) is 4.79 Å². The molecule has 3 unspecified atom stereocenters. The van der Waals surface area contributed by atoms with Gasteiger partial charge in [-0.1, -0.05) is 0 Å². The Bertz CT molecular complexity index is 325.